The molecule has 1 fully saturated rings. The van der Waals surface area contributed by atoms with Crippen LogP contribution in [0.1, 0.15) is 12.0 Å². The Bertz CT molecular complexity index is 776. The Morgan fingerprint density at radius 2 is 2.04 bits per heavy atom. The molecule has 0 spiro atoms. The summed E-state index contributed by atoms with van der Waals surface area (Å²) in [4.78, 5) is 25.0. The smallest absolute Gasteiger partial charge is 0.307 e. The Morgan fingerprint density at radius 3 is 2.60 bits per heavy atom. The topological polar surface area (TPSA) is 107 Å². The second-order valence-electron chi connectivity index (χ2n) is 6.37. The standard InChI is InChI=1S/C16H23N3O5S/c1-11-4-5-13(8-14(11)25(23,24)18(2)3)17-15(20)10-19-7-6-12(9-19)16(21)22/h4-5,8,12H,6-7,9-10H2,1-3H3,(H,17,20)(H,21,22). The number of carbonyl (C=O) groups excluding carboxylic acids is 1. The maximum atomic E-state index is 12.3. The van der Waals surface area contributed by atoms with E-state index in [0.29, 0.717) is 30.8 Å². The quantitative estimate of drug-likeness (QED) is 0.760. The van der Waals surface area contributed by atoms with Crippen molar-refractivity contribution in [2.24, 2.45) is 5.92 Å². The minimum Gasteiger partial charge on any atom is -0.481 e. The van der Waals surface area contributed by atoms with Gasteiger partial charge in [-0.05, 0) is 37.6 Å². The number of carboxylic acids is 1. The molecule has 1 unspecified atom stereocenters. The van der Waals surface area contributed by atoms with Gasteiger partial charge in [0.2, 0.25) is 15.9 Å². The number of carbonyl (C=O) groups is 2. The van der Waals surface area contributed by atoms with Crippen LogP contribution in [-0.4, -0.2) is 68.3 Å². The number of sulfonamides is 1. The molecule has 1 aromatic carbocycles. The number of amides is 1. The maximum absolute atomic E-state index is 12.3. The van der Waals surface area contributed by atoms with Crippen LogP contribution in [0, 0.1) is 12.8 Å². The summed E-state index contributed by atoms with van der Waals surface area (Å²) >= 11 is 0. The summed E-state index contributed by atoms with van der Waals surface area (Å²) in [6.45, 7) is 2.67. The summed E-state index contributed by atoms with van der Waals surface area (Å²) < 4.78 is 25.8. The van der Waals surface area contributed by atoms with Crippen LogP contribution in [0.4, 0.5) is 5.69 Å². The fourth-order valence-electron chi connectivity index (χ4n) is 2.73. The first-order valence-corrected chi connectivity index (χ1v) is 9.33. The van der Waals surface area contributed by atoms with Gasteiger partial charge < -0.3 is 10.4 Å². The van der Waals surface area contributed by atoms with Crippen molar-refractivity contribution in [3.63, 3.8) is 0 Å². The van der Waals surface area contributed by atoms with Crippen LogP contribution in [0.15, 0.2) is 23.1 Å². The molecule has 1 amide bonds. The lowest BCUT2D eigenvalue weighted by Gasteiger charge is -2.17. The maximum Gasteiger partial charge on any atom is 0.307 e. The van der Waals surface area contributed by atoms with Gasteiger partial charge >= 0.3 is 5.97 Å². The number of nitrogens with one attached hydrogen (secondary N) is 1. The number of carboxylic acid groups (broad SMARTS) is 1. The Labute approximate surface area is 147 Å². The third kappa shape index (κ3) is 4.56. The van der Waals surface area contributed by atoms with Gasteiger partial charge in [0.15, 0.2) is 0 Å². The van der Waals surface area contributed by atoms with Crippen molar-refractivity contribution >= 4 is 27.6 Å². The Kier molecular flexibility index (Phi) is 5.81. The van der Waals surface area contributed by atoms with Gasteiger partial charge in [-0.3, -0.25) is 14.5 Å². The van der Waals surface area contributed by atoms with Gasteiger partial charge in [0, 0.05) is 26.3 Å². The van der Waals surface area contributed by atoms with Gasteiger partial charge in [-0.15, -0.1) is 0 Å². The van der Waals surface area contributed by atoms with E-state index in [-0.39, 0.29) is 17.3 Å². The monoisotopic (exact) mass is 369 g/mol. The van der Waals surface area contributed by atoms with Crippen molar-refractivity contribution in [2.75, 3.05) is 39.0 Å². The molecule has 1 aliphatic rings. The van der Waals surface area contributed by atoms with Crippen LogP contribution in [0.3, 0.4) is 0 Å². The number of anilines is 1. The number of hydrogen-bond donors (Lipinski definition) is 2. The largest absolute Gasteiger partial charge is 0.481 e. The Hall–Kier alpha value is -1.97. The number of aryl methyl sites for hydroxylation is 1. The molecule has 0 saturated carbocycles. The van der Waals surface area contributed by atoms with Gasteiger partial charge in [0.1, 0.15) is 0 Å². The third-order valence-corrected chi connectivity index (χ3v) is 6.18. The van der Waals surface area contributed by atoms with E-state index in [4.69, 9.17) is 5.11 Å². The summed E-state index contributed by atoms with van der Waals surface area (Å²) in [5, 5.41) is 11.7. The minimum atomic E-state index is -3.60. The summed E-state index contributed by atoms with van der Waals surface area (Å²) in [5.74, 6) is -1.59. The molecule has 0 aliphatic carbocycles. The predicted octanol–water partition coefficient (Wildman–Crippen LogP) is 0.590. The lowest BCUT2D eigenvalue weighted by atomic mass is 10.1. The zero-order chi connectivity index (χ0) is 18.8. The number of hydrogen-bond acceptors (Lipinski definition) is 5. The van der Waals surface area contributed by atoms with Gasteiger partial charge in [-0.1, -0.05) is 6.07 Å². The third-order valence-electron chi connectivity index (χ3n) is 4.22. The van der Waals surface area contributed by atoms with Gasteiger partial charge in [0.25, 0.3) is 0 Å². The highest BCUT2D eigenvalue weighted by atomic mass is 32.2. The fourth-order valence-corrected chi connectivity index (χ4v) is 3.88. The zero-order valence-corrected chi connectivity index (χ0v) is 15.3. The molecule has 1 saturated heterocycles. The zero-order valence-electron chi connectivity index (χ0n) is 14.5. The average Bonchev–Trinajstić information content (AvgIpc) is 2.97. The number of aliphatic carboxylic acids is 1. The lowest BCUT2D eigenvalue weighted by molar-refractivity contribution is -0.141. The first kappa shape index (κ1) is 19.4. The average molecular weight is 369 g/mol. The van der Waals surface area contributed by atoms with E-state index in [1.165, 1.54) is 20.2 Å². The highest BCUT2D eigenvalue weighted by Gasteiger charge is 2.29. The molecular formula is C16H23N3O5S. The second-order valence-corrected chi connectivity index (χ2v) is 8.50. The molecule has 2 rings (SSSR count). The van der Waals surface area contributed by atoms with E-state index >= 15 is 0 Å². The van der Waals surface area contributed by atoms with E-state index in [1.54, 1.807) is 24.0 Å². The van der Waals surface area contributed by atoms with Crippen LogP contribution in [0.5, 0.6) is 0 Å². The van der Waals surface area contributed by atoms with E-state index in [2.05, 4.69) is 5.32 Å². The first-order chi connectivity index (χ1) is 11.6. The van der Waals surface area contributed by atoms with E-state index in [9.17, 15) is 18.0 Å². The number of rotatable bonds is 6. The van der Waals surface area contributed by atoms with Gasteiger partial charge in [0.05, 0.1) is 17.4 Å². The molecule has 0 radical (unpaired) electrons. The summed E-state index contributed by atoms with van der Waals surface area (Å²) in [6, 6.07) is 4.72. The SMILES string of the molecule is Cc1ccc(NC(=O)CN2CCC(C(=O)O)C2)cc1S(=O)(=O)N(C)C. The normalized spacial score (nSPS) is 18.5. The van der Waals surface area contributed by atoms with Crippen molar-refractivity contribution in [2.45, 2.75) is 18.2 Å². The predicted molar refractivity (Wildman–Crippen MR) is 92.9 cm³/mol. The molecule has 0 aromatic heterocycles. The fraction of sp³-hybridized carbons (Fsp3) is 0.500. The molecule has 0 bridgehead atoms. The first-order valence-electron chi connectivity index (χ1n) is 7.89. The Balaban J connectivity index is 2.06. The molecule has 8 nitrogen and oxygen atoms in total. The van der Waals surface area contributed by atoms with Gasteiger partial charge in [-0.25, -0.2) is 12.7 Å². The molecule has 2 N–H and O–H groups in total. The summed E-state index contributed by atoms with van der Waals surface area (Å²) in [5.41, 5.74) is 0.987. The van der Waals surface area contributed by atoms with Crippen LogP contribution in [-0.2, 0) is 19.6 Å². The molecule has 1 aromatic rings. The molecule has 138 valence electrons. The van der Waals surface area contributed by atoms with E-state index < -0.39 is 21.9 Å². The lowest BCUT2D eigenvalue weighted by Crippen LogP contribution is -2.32. The van der Waals surface area contributed by atoms with Crippen LogP contribution in [0.25, 0.3) is 0 Å². The number of likely N-dealkylation sites (tertiary alicyclic amines) is 1. The van der Waals surface area contributed by atoms with Crippen molar-refractivity contribution in [1.29, 1.82) is 0 Å². The van der Waals surface area contributed by atoms with E-state index in [1.807, 2.05) is 0 Å². The highest BCUT2D eigenvalue weighted by molar-refractivity contribution is 7.89. The number of benzene rings is 1. The van der Waals surface area contributed by atoms with Crippen LogP contribution < -0.4 is 5.32 Å². The molecule has 25 heavy (non-hydrogen) atoms. The summed E-state index contributed by atoms with van der Waals surface area (Å²) in [7, 11) is -0.697. The number of nitrogens with zero attached hydrogens (tertiary/aromatic N) is 2. The second kappa shape index (κ2) is 7.51. The van der Waals surface area contributed by atoms with E-state index in [0.717, 1.165) is 4.31 Å². The highest BCUT2D eigenvalue weighted by Crippen LogP contribution is 2.22. The van der Waals surface area contributed by atoms with Crippen LogP contribution in [0.2, 0.25) is 0 Å². The summed E-state index contributed by atoms with van der Waals surface area (Å²) in [6.07, 6.45) is 0.526. The van der Waals surface area contributed by atoms with Crippen molar-refractivity contribution in [1.82, 2.24) is 9.21 Å². The van der Waals surface area contributed by atoms with Crippen molar-refractivity contribution < 1.29 is 23.1 Å². The van der Waals surface area contributed by atoms with Gasteiger partial charge in [-0.2, -0.15) is 0 Å². The Morgan fingerprint density at radius 1 is 1.36 bits per heavy atom. The molecule has 1 heterocycles. The molecule has 9 heteroatoms. The molecule has 1 atom stereocenters. The van der Waals surface area contributed by atoms with Crippen molar-refractivity contribution in [3.05, 3.63) is 23.8 Å². The minimum absolute atomic E-state index is 0.0768. The molecule has 1 aliphatic heterocycles. The van der Waals surface area contributed by atoms with Crippen LogP contribution >= 0.6 is 0 Å². The van der Waals surface area contributed by atoms with Crippen molar-refractivity contribution in [3.8, 4) is 0 Å². The molecular weight excluding hydrogens is 346 g/mol.